The van der Waals surface area contributed by atoms with E-state index in [2.05, 4.69) is 113 Å². The first-order valence-corrected chi connectivity index (χ1v) is 11.6. The molecule has 0 radical (unpaired) electrons. The first kappa shape index (κ1) is 21.9. The maximum absolute atomic E-state index is 3.73. The van der Waals surface area contributed by atoms with E-state index >= 15 is 0 Å². The topological polar surface area (TPSA) is 3.24 Å². The number of benzene rings is 5. The minimum Gasteiger partial charge on any atom is -0.344 e. The van der Waals surface area contributed by atoms with E-state index in [9.17, 15) is 0 Å². The van der Waals surface area contributed by atoms with E-state index in [-0.39, 0.29) is 0 Å². The standard InChI is InChI=1S/C24H20BrN.C6H6/c1-3-8-22(25)19-15-13-17-14-16-23(21-12-7-11-20(19)24(17)21)26(2)18-9-5-4-6-10-18;1-2-4-6-5-3-1/h3-16H,1-2H3;1-6H/b8-3-,22-19+;. The Labute approximate surface area is 198 Å². The Balaban J connectivity index is 0.000000354. The molecule has 0 spiro atoms. The highest BCUT2D eigenvalue weighted by Crippen LogP contribution is 2.35. The average Bonchev–Trinajstić information content (AvgIpc) is 2.86. The summed E-state index contributed by atoms with van der Waals surface area (Å²) in [6.07, 6.45) is 4.16. The Morgan fingerprint density at radius 3 is 1.94 bits per heavy atom. The quantitative estimate of drug-likeness (QED) is 0.251. The van der Waals surface area contributed by atoms with Crippen molar-refractivity contribution in [2.75, 3.05) is 11.9 Å². The molecule has 0 saturated carbocycles. The van der Waals surface area contributed by atoms with Crippen LogP contribution in [0.2, 0.25) is 0 Å². The smallest absolute Gasteiger partial charge is 0.0488 e. The largest absolute Gasteiger partial charge is 0.344 e. The van der Waals surface area contributed by atoms with E-state index in [1.54, 1.807) is 0 Å². The molecule has 32 heavy (non-hydrogen) atoms. The molecule has 0 fully saturated rings. The number of hydrogen-bond acceptors (Lipinski definition) is 1. The Morgan fingerprint density at radius 1 is 0.688 bits per heavy atom. The summed E-state index contributed by atoms with van der Waals surface area (Å²) in [5.41, 5.74) is 2.40. The summed E-state index contributed by atoms with van der Waals surface area (Å²) < 4.78 is 1.11. The van der Waals surface area contributed by atoms with E-state index in [1.165, 1.54) is 38.1 Å². The highest BCUT2D eigenvalue weighted by Gasteiger charge is 2.12. The fourth-order valence-corrected chi connectivity index (χ4v) is 4.57. The van der Waals surface area contributed by atoms with Crippen LogP contribution in [0.3, 0.4) is 0 Å². The maximum Gasteiger partial charge on any atom is 0.0488 e. The molecule has 2 heteroatoms. The molecule has 1 nitrogen and oxygen atoms in total. The van der Waals surface area contributed by atoms with Crippen LogP contribution in [0.5, 0.6) is 0 Å². The zero-order valence-corrected chi connectivity index (χ0v) is 20.0. The molecule has 0 aliphatic rings. The minimum atomic E-state index is 1.11. The van der Waals surface area contributed by atoms with Crippen LogP contribution in [-0.2, 0) is 0 Å². The molecule has 0 saturated heterocycles. The number of anilines is 2. The van der Waals surface area contributed by atoms with Crippen molar-refractivity contribution >= 4 is 53.3 Å². The average molecular weight is 480 g/mol. The predicted octanol–water partition coefficient (Wildman–Crippen LogP) is 8.25. The number of halogens is 1. The van der Waals surface area contributed by atoms with Crippen LogP contribution in [0.15, 0.2) is 121 Å². The van der Waals surface area contributed by atoms with Crippen molar-refractivity contribution < 1.29 is 0 Å². The van der Waals surface area contributed by atoms with Crippen LogP contribution in [0.1, 0.15) is 6.92 Å². The molecular formula is C30H26BrN. The summed E-state index contributed by atoms with van der Waals surface area (Å²) in [5.74, 6) is 0. The van der Waals surface area contributed by atoms with Gasteiger partial charge in [-0.15, -0.1) is 0 Å². The molecule has 0 aliphatic heterocycles. The van der Waals surface area contributed by atoms with Gasteiger partial charge in [0.25, 0.3) is 0 Å². The second-order valence-electron chi connectivity index (χ2n) is 7.55. The highest BCUT2D eigenvalue weighted by molar-refractivity contribution is 9.15. The Morgan fingerprint density at radius 2 is 1.28 bits per heavy atom. The molecule has 0 bridgehead atoms. The molecular weight excluding hydrogens is 454 g/mol. The first-order valence-electron chi connectivity index (χ1n) is 10.8. The summed E-state index contributed by atoms with van der Waals surface area (Å²) >= 11 is 3.73. The summed E-state index contributed by atoms with van der Waals surface area (Å²) in [7, 11) is 2.13. The summed E-state index contributed by atoms with van der Waals surface area (Å²) in [6.45, 7) is 2.04. The van der Waals surface area contributed by atoms with Gasteiger partial charge in [-0.2, -0.15) is 0 Å². The van der Waals surface area contributed by atoms with Crippen molar-refractivity contribution in [3.05, 3.63) is 127 Å². The van der Waals surface area contributed by atoms with Crippen molar-refractivity contribution in [1.29, 1.82) is 0 Å². The van der Waals surface area contributed by atoms with Crippen molar-refractivity contribution in [2.24, 2.45) is 0 Å². The minimum absolute atomic E-state index is 1.11. The van der Waals surface area contributed by atoms with Gasteiger partial charge in [-0.05, 0) is 46.5 Å². The van der Waals surface area contributed by atoms with Gasteiger partial charge < -0.3 is 4.90 Å². The Hall–Kier alpha value is -3.36. The van der Waals surface area contributed by atoms with Crippen LogP contribution >= 0.6 is 15.9 Å². The van der Waals surface area contributed by atoms with Crippen LogP contribution < -0.4 is 10.1 Å². The molecule has 5 rings (SSSR count). The molecule has 0 aromatic heterocycles. The van der Waals surface area contributed by atoms with Crippen LogP contribution in [0.4, 0.5) is 11.4 Å². The monoisotopic (exact) mass is 479 g/mol. The van der Waals surface area contributed by atoms with Crippen LogP contribution in [0.25, 0.3) is 26.0 Å². The van der Waals surface area contributed by atoms with Gasteiger partial charge in [0, 0.05) is 28.3 Å². The van der Waals surface area contributed by atoms with Gasteiger partial charge in [0.05, 0.1) is 0 Å². The lowest BCUT2D eigenvalue weighted by Crippen LogP contribution is -2.10. The van der Waals surface area contributed by atoms with Crippen LogP contribution in [0, 0.1) is 0 Å². The zero-order chi connectivity index (χ0) is 22.3. The molecule has 0 atom stereocenters. The van der Waals surface area contributed by atoms with E-state index in [0.717, 1.165) is 4.48 Å². The van der Waals surface area contributed by atoms with Gasteiger partial charge >= 0.3 is 0 Å². The first-order chi connectivity index (χ1) is 15.7. The third-order valence-corrected chi connectivity index (χ3v) is 6.20. The van der Waals surface area contributed by atoms with Crippen molar-refractivity contribution in [3.63, 3.8) is 0 Å². The predicted molar refractivity (Wildman–Crippen MR) is 145 cm³/mol. The lowest BCUT2D eigenvalue weighted by atomic mass is 9.97. The molecule has 0 amide bonds. The SMILES string of the molecule is C/C=C\C(Br)=c1\ccc2ccc(N(C)c3ccccc3)c3cccc1c23.c1ccccc1. The van der Waals surface area contributed by atoms with E-state index in [0.29, 0.717) is 0 Å². The van der Waals surface area contributed by atoms with Gasteiger partial charge in [0.15, 0.2) is 0 Å². The van der Waals surface area contributed by atoms with E-state index in [1.807, 2.05) is 43.3 Å². The lowest BCUT2D eigenvalue weighted by molar-refractivity contribution is 1.22. The highest BCUT2D eigenvalue weighted by atomic mass is 79.9. The number of rotatable bonds is 3. The molecule has 158 valence electrons. The fraction of sp³-hybridized carbons (Fsp3) is 0.0667. The number of para-hydroxylation sites is 1. The molecule has 0 N–H and O–H groups in total. The molecule has 0 heterocycles. The molecule has 0 unspecified atom stereocenters. The summed E-state index contributed by atoms with van der Waals surface area (Å²) in [6, 6.07) is 37.9. The Bertz CT molecular complexity index is 1360. The van der Waals surface area contributed by atoms with Crippen LogP contribution in [-0.4, -0.2) is 7.05 Å². The zero-order valence-electron chi connectivity index (χ0n) is 18.4. The van der Waals surface area contributed by atoms with Gasteiger partial charge in [-0.3, -0.25) is 0 Å². The maximum atomic E-state index is 3.73. The van der Waals surface area contributed by atoms with Crippen molar-refractivity contribution in [3.8, 4) is 0 Å². The third kappa shape index (κ3) is 4.61. The number of nitrogens with zero attached hydrogens (tertiary/aromatic N) is 1. The fourth-order valence-electron chi connectivity index (χ4n) is 3.96. The second-order valence-corrected chi connectivity index (χ2v) is 8.40. The lowest BCUT2D eigenvalue weighted by Gasteiger charge is -2.22. The third-order valence-electron chi connectivity index (χ3n) is 5.51. The molecule has 5 aromatic carbocycles. The van der Waals surface area contributed by atoms with Crippen molar-refractivity contribution in [1.82, 2.24) is 0 Å². The normalized spacial score (nSPS) is 12.0. The summed E-state index contributed by atoms with van der Waals surface area (Å²) in [5, 5.41) is 6.35. The van der Waals surface area contributed by atoms with E-state index in [4.69, 9.17) is 0 Å². The number of allylic oxidation sites excluding steroid dienone is 2. The van der Waals surface area contributed by atoms with Crippen molar-refractivity contribution in [2.45, 2.75) is 6.92 Å². The molecule has 5 aromatic rings. The van der Waals surface area contributed by atoms with E-state index < -0.39 is 0 Å². The summed E-state index contributed by atoms with van der Waals surface area (Å²) in [4.78, 5) is 2.26. The molecule has 0 aliphatic carbocycles. The number of hydrogen-bond donors (Lipinski definition) is 0. The second kappa shape index (κ2) is 10.3. The Kier molecular flexibility index (Phi) is 7.03. The van der Waals surface area contributed by atoms with Gasteiger partial charge in [-0.1, -0.05) is 119 Å². The van der Waals surface area contributed by atoms with Gasteiger partial charge in [0.2, 0.25) is 0 Å². The van der Waals surface area contributed by atoms with Gasteiger partial charge in [-0.25, -0.2) is 0 Å². The van der Waals surface area contributed by atoms with Gasteiger partial charge in [0.1, 0.15) is 0 Å².